The Bertz CT molecular complexity index is 866. The van der Waals surface area contributed by atoms with Gasteiger partial charge >= 0.3 is 0 Å². The molecule has 2 fully saturated rings. The Balaban J connectivity index is 1.35. The van der Waals surface area contributed by atoms with Crippen molar-refractivity contribution >= 4 is 11.5 Å². The lowest BCUT2D eigenvalue weighted by Gasteiger charge is -2.48. The van der Waals surface area contributed by atoms with Gasteiger partial charge in [0.2, 0.25) is 5.91 Å². The summed E-state index contributed by atoms with van der Waals surface area (Å²) in [6.45, 7) is 6.20. The summed E-state index contributed by atoms with van der Waals surface area (Å²) in [5.41, 5.74) is 2.23. The van der Waals surface area contributed by atoms with Crippen molar-refractivity contribution in [2.24, 2.45) is 0 Å². The molecule has 194 valence electrons. The molecule has 1 amide bonds. The fourth-order valence-electron chi connectivity index (χ4n) is 5.78. The number of carbonyl (C=O) groups is 1. The molecule has 8 heteroatoms. The lowest BCUT2D eigenvalue weighted by atomic mass is 9.79. The van der Waals surface area contributed by atoms with Crippen LogP contribution in [0.25, 0.3) is 5.57 Å². The molecule has 1 aliphatic carbocycles. The quantitative estimate of drug-likeness (QED) is 0.574. The smallest absolute Gasteiger partial charge is 0.234 e. The largest absolute Gasteiger partial charge is 0.496 e. The monoisotopic (exact) mass is 487 g/mol. The van der Waals surface area contributed by atoms with Crippen LogP contribution in [0.4, 0.5) is 0 Å². The molecule has 35 heavy (non-hydrogen) atoms. The number of nitrogens with zero attached hydrogens (tertiary/aromatic N) is 2. The van der Waals surface area contributed by atoms with Crippen molar-refractivity contribution in [3.8, 4) is 17.2 Å². The SMILES string of the molecule is COc1cc(OC)c(C2=CCN(CC(=O)NCC3(N4CCOCC4)CCCCC3)CC2)c(OC)c1. The second-order valence-electron chi connectivity index (χ2n) is 9.78. The van der Waals surface area contributed by atoms with Crippen LogP contribution in [0.1, 0.15) is 44.1 Å². The van der Waals surface area contributed by atoms with Gasteiger partial charge in [0.15, 0.2) is 0 Å². The molecule has 1 saturated heterocycles. The molecule has 0 radical (unpaired) electrons. The van der Waals surface area contributed by atoms with Crippen molar-refractivity contribution in [3.63, 3.8) is 0 Å². The molecule has 1 N–H and O–H groups in total. The topological polar surface area (TPSA) is 72.5 Å². The summed E-state index contributed by atoms with van der Waals surface area (Å²) in [7, 11) is 4.95. The van der Waals surface area contributed by atoms with Crippen LogP contribution in [-0.2, 0) is 9.53 Å². The molecule has 4 rings (SSSR count). The van der Waals surface area contributed by atoms with Gasteiger partial charge in [-0.05, 0) is 24.8 Å². The molecule has 0 bridgehead atoms. The van der Waals surface area contributed by atoms with Gasteiger partial charge in [0.05, 0.1) is 46.7 Å². The minimum Gasteiger partial charge on any atom is -0.496 e. The second kappa shape index (κ2) is 12.1. The first-order chi connectivity index (χ1) is 17.1. The third-order valence-electron chi connectivity index (χ3n) is 7.78. The number of benzene rings is 1. The van der Waals surface area contributed by atoms with Gasteiger partial charge in [0, 0.05) is 50.4 Å². The summed E-state index contributed by atoms with van der Waals surface area (Å²) in [6.07, 6.45) is 9.11. The molecule has 1 aromatic rings. The van der Waals surface area contributed by atoms with Gasteiger partial charge in [-0.2, -0.15) is 0 Å². The third kappa shape index (κ3) is 6.11. The number of hydrogen-bond donors (Lipinski definition) is 1. The highest BCUT2D eigenvalue weighted by Crippen LogP contribution is 2.41. The highest BCUT2D eigenvalue weighted by Gasteiger charge is 2.38. The average Bonchev–Trinajstić information content (AvgIpc) is 2.92. The number of ether oxygens (including phenoxy) is 4. The Hall–Kier alpha value is -2.29. The lowest BCUT2D eigenvalue weighted by molar-refractivity contribution is -0.123. The second-order valence-corrected chi connectivity index (χ2v) is 9.78. The standard InChI is InChI=1S/C27H41N3O5/c1-32-22-17-23(33-2)26(24(18-22)34-3)21-7-11-29(12-8-21)19-25(31)28-20-27(9-5-4-6-10-27)30-13-15-35-16-14-30/h7,17-18H,4-6,8-16,19-20H2,1-3H3,(H,28,31). The molecule has 0 spiro atoms. The first-order valence-electron chi connectivity index (χ1n) is 12.9. The Labute approximate surface area is 209 Å². The van der Waals surface area contributed by atoms with Gasteiger partial charge in [0.25, 0.3) is 0 Å². The first kappa shape index (κ1) is 25.8. The van der Waals surface area contributed by atoms with E-state index in [-0.39, 0.29) is 11.4 Å². The molecular formula is C27H41N3O5. The predicted molar refractivity (Wildman–Crippen MR) is 136 cm³/mol. The summed E-state index contributed by atoms with van der Waals surface area (Å²) in [5, 5.41) is 3.29. The number of carbonyl (C=O) groups excluding carboxylic acids is 1. The summed E-state index contributed by atoms with van der Waals surface area (Å²) in [4.78, 5) is 17.7. The summed E-state index contributed by atoms with van der Waals surface area (Å²) >= 11 is 0. The van der Waals surface area contributed by atoms with E-state index in [1.54, 1.807) is 21.3 Å². The zero-order chi connectivity index (χ0) is 24.7. The lowest BCUT2D eigenvalue weighted by Crippen LogP contribution is -2.60. The Morgan fingerprint density at radius 1 is 1.00 bits per heavy atom. The number of hydrogen-bond acceptors (Lipinski definition) is 7. The Morgan fingerprint density at radius 2 is 1.69 bits per heavy atom. The van der Waals surface area contributed by atoms with Crippen molar-refractivity contribution < 1.29 is 23.7 Å². The molecule has 3 aliphatic rings. The van der Waals surface area contributed by atoms with Gasteiger partial charge < -0.3 is 24.3 Å². The minimum atomic E-state index is 0.0914. The van der Waals surface area contributed by atoms with E-state index in [1.807, 2.05) is 12.1 Å². The molecule has 1 saturated carbocycles. The number of methoxy groups -OCH3 is 3. The van der Waals surface area contributed by atoms with Crippen molar-refractivity contribution in [2.45, 2.75) is 44.1 Å². The predicted octanol–water partition coefficient (Wildman–Crippen LogP) is 2.95. The first-order valence-corrected chi connectivity index (χ1v) is 12.9. The maximum absolute atomic E-state index is 12.9. The summed E-state index contributed by atoms with van der Waals surface area (Å²) in [5.74, 6) is 2.28. The van der Waals surface area contributed by atoms with E-state index in [2.05, 4.69) is 21.2 Å². The van der Waals surface area contributed by atoms with Crippen LogP contribution in [0.15, 0.2) is 18.2 Å². The van der Waals surface area contributed by atoms with E-state index < -0.39 is 0 Å². The van der Waals surface area contributed by atoms with Crippen LogP contribution in [-0.4, -0.2) is 95.1 Å². The number of morpholine rings is 1. The summed E-state index contributed by atoms with van der Waals surface area (Å²) < 4.78 is 22.2. The van der Waals surface area contributed by atoms with Crippen LogP contribution < -0.4 is 19.5 Å². The maximum Gasteiger partial charge on any atom is 0.234 e. The molecule has 2 aliphatic heterocycles. The van der Waals surface area contributed by atoms with Gasteiger partial charge in [-0.15, -0.1) is 0 Å². The van der Waals surface area contributed by atoms with Gasteiger partial charge in [-0.25, -0.2) is 0 Å². The number of amides is 1. The van der Waals surface area contributed by atoms with E-state index in [0.717, 1.165) is 82.3 Å². The zero-order valence-corrected chi connectivity index (χ0v) is 21.6. The molecule has 2 heterocycles. The zero-order valence-electron chi connectivity index (χ0n) is 21.6. The van der Waals surface area contributed by atoms with E-state index in [9.17, 15) is 4.79 Å². The van der Waals surface area contributed by atoms with Crippen LogP contribution >= 0.6 is 0 Å². The van der Waals surface area contributed by atoms with E-state index in [1.165, 1.54) is 24.8 Å². The minimum absolute atomic E-state index is 0.0914. The van der Waals surface area contributed by atoms with E-state index in [0.29, 0.717) is 12.3 Å². The van der Waals surface area contributed by atoms with Crippen LogP contribution in [0.5, 0.6) is 17.2 Å². The van der Waals surface area contributed by atoms with E-state index in [4.69, 9.17) is 18.9 Å². The maximum atomic E-state index is 12.9. The molecule has 0 aromatic heterocycles. The van der Waals surface area contributed by atoms with Gasteiger partial charge in [-0.3, -0.25) is 14.6 Å². The van der Waals surface area contributed by atoms with Crippen LogP contribution in [0.2, 0.25) is 0 Å². The Kier molecular flexibility index (Phi) is 8.92. The van der Waals surface area contributed by atoms with Crippen molar-refractivity contribution in [2.75, 3.05) is 73.8 Å². The van der Waals surface area contributed by atoms with E-state index >= 15 is 0 Å². The number of nitrogens with one attached hydrogen (secondary N) is 1. The highest BCUT2D eigenvalue weighted by atomic mass is 16.5. The summed E-state index contributed by atoms with van der Waals surface area (Å²) in [6, 6.07) is 3.77. The van der Waals surface area contributed by atoms with Crippen molar-refractivity contribution in [1.29, 1.82) is 0 Å². The molecule has 1 aromatic carbocycles. The fraction of sp³-hybridized carbons (Fsp3) is 0.667. The van der Waals surface area contributed by atoms with Crippen molar-refractivity contribution in [3.05, 3.63) is 23.8 Å². The van der Waals surface area contributed by atoms with Crippen LogP contribution in [0, 0.1) is 0 Å². The third-order valence-corrected chi connectivity index (χ3v) is 7.78. The molecule has 8 nitrogen and oxygen atoms in total. The fourth-order valence-corrected chi connectivity index (χ4v) is 5.78. The van der Waals surface area contributed by atoms with Gasteiger partial charge in [0.1, 0.15) is 17.2 Å². The number of rotatable bonds is 9. The van der Waals surface area contributed by atoms with Crippen molar-refractivity contribution in [1.82, 2.24) is 15.1 Å². The molecule has 0 atom stereocenters. The average molecular weight is 488 g/mol. The highest BCUT2D eigenvalue weighted by molar-refractivity contribution is 5.79. The van der Waals surface area contributed by atoms with Gasteiger partial charge in [-0.1, -0.05) is 25.3 Å². The molecular weight excluding hydrogens is 446 g/mol. The Morgan fingerprint density at radius 3 is 2.26 bits per heavy atom. The normalized spacial score (nSPS) is 21.2. The van der Waals surface area contributed by atoms with Crippen LogP contribution in [0.3, 0.4) is 0 Å². The molecule has 0 unspecified atom stereocenters.